The second-order valence-corrected chi connectivity index (χ2v) is 6.58. The van der Waals surface area contributed by atoms with Crippen molar-refractivity contribution in [3.63, 3.8) is 0 Å². The molecule has 1 aromatic carbocycles. The van der Waals surface area contributed by atoms with Crippen LogP contribution < -0.4 is 5.73 Å². The Morgan fingerprint density at radius 2 is 2.06 bits per heavy atom. The predicted octanol–water partition coefficient (Wildman–Crippen LogP) is 4.83. The molecule has 0 saturated heterocycles. The molecule has 1 heterocycles. The molecular formula is C13H13BrClNS. The second kappa shape index (κ2) is 5.11. The first-order chi connectivity index (χ1) is 8.00. The van der Waals surface area contributed by atoms with Gasteiger partial charge in [0, 0.05) is 9.35 Å². The summed E-state index contributed by atoms with van der Waals surface area (Å²) in [5.41, 5.74) is 9.98. The minimum atomic E-state index is -0.108. The van der Waals surface area contributed by atoms with Gasteiger partial charge in [0.2, 0.25) is 0 Å². The Labute approximate surface area is 119 Å². The summed E-state index contributed by atoms with van der Waals surface area (Å²) in [4.78, 5) is 1.08. The van der Waals surface area contributed by atoms with Gasteiger partial charge in [-0.15, -0.1) is 11.3 Å². The van der Waals surface area contributed by atoms with Gasteiger partial charge in [0.05, 0.1) is 6.04 Å². The summed E-state index contributed by atoms with van der Waals surface area (Å²) >= 11 is 11.0. The van der Waals surface area contributed by atoms with Crippen molar-refractivity contribution in [2.24, 2.45) is 5.73 Å². The summed E-state index contributed by atoms with van der Waals surface area (Å²) in [5, 5.41) is 0. The van der Waals surface area contributed by atoms with Crippen LogP contribution >= 0.6 is 38.9 Å². The van der Waals surface area contributed by atoms with E-state index < -0.39 is 0 Å². The van der Waals surface area contributed by atoms with E-state index in [1.165, 1.54) is 22.5 Å². The molecule has 1 unspecified atom stereocenters. The third-order valence-corrected chi connectivity index (χ3v) is 5.51. The van der Waals surface area contributed by atoms with Crippen molar-refractivity contribution in [3.05, 3.63) is 54.6 Å². The third kappa shape index (κ3) is 2.58. The normalized spacial score (nSPS) is 12.8. The highest BCUT2D eigenvalue weighted by molar-refractivity contribution is 9.10. The zero-order valence-corrected chi connectivity index (χ0v) is 12.8. The molecule has 0 aliphatic heterocycles. The number of rotatable bonds is 2. The van der Waals surface area contributed by atoms with Crippen LogP contribution in [0.3, 0.4) is 0 Å². The van der Waals surface area contributed by atoms with Crippen LogP contribution in [0.2, 0.25) is 4.34 Å². The fourth-order valence-electron chi connectivity index (χ4n) is 1.78. The Kier molecular flexibility index (Phi) is 3.93. The summed E-state index contributed by atoms with van der Waals surface area (Å²) in [7, 11) is 0. The zero-order chi connectivity index (χ0) is 12.6. The molecule has 2 aromatic rings. The predicted molar refractivity (Wildman–Crippen MR) is 79.0 cm³/mol. The molecule has 0 bridgehead atoms. The molecule has 2 N–H and O–H groups in total. The number of hydrogen-bond acceptors (Lipinski definition) is 2. The molecule has 1 aromatic heterocycles. The van der Waals surface area contributed by atoms with E-state index in [9.17, 15) is 0 Å². The Balaban J connectivity index is 2.43. The summed E-state index contributed by atoms with van der Waals surface area (Å²) in [6, 6.07) is 8.11. The molecule has 17 heavy (non-hydrogen) atoms. The minimum absolute atomic E-state index is 0.108. The lowest BCUT2D eigenvalue weighted by Gasteiger charge is -2.14. The van der Waals surface area contributed by atoms with E-state index in [1.54, 1.807) is 0 Å². The van der Waals surface area contributed by atoms with E-state index in [0.29, 0.717) is 0 Å². The largest absolute Gasteiger partial charge is 0.320 e. The fraction of sp³-hybridized carbons (Fsp3) is 0.231. The van der Waals surface area contributed by atoms with Crippen molar-refractivity contribution >= 4 is 38.9 Å². The molecule has 1 nitrogen and oxygen atoms in total. The maximum absolute atomic E-state index is 6.30. The molecule has 0 spiro atoms. The number of halogens is 2. The first kappa shape index (κ1) is 13.1. The van der Waals surface area contributed by atoms with Crippen LogP contribution in [-0.4, -0.2) is 0 Å². The van der Waals surface area contributed by atoms with Crippen molar-refractivity contribution in [1.82, 2.24) is 0 Å². The van der Waals surface area contributed by atoms with Crippen molar-refractivity contribution in [3.8, 4) is 0 Å². The average molecular weight is 331 g/mol. The molecule has 0 radical (unpaired) electrons. The standard InChI is InChI=1S/C13H13BrClNS/c1-7-4-3-5-9(8(7)2)12(16)11-6-10(14)13(15)17-11/h3-6,12H,16H2,1-2H3. The van der Waals surface area contributed by atoms with E-state index in [2.05, 4.69) is 41.9 Å². The Morgan fingerprint density at radius 3 is 2.65 bits per heavy atom. The Morgan fingerprint density at radius 1 is 1.35 bits per heavy atom. The van der Waals surface area contributed by atoms with E-state index in [0.717, 1.165) is 19.2 Å². The Hall–Kier alpha value is -0.350. The van der Waals surface area contributed by atoms with Gasteiger partial charge < -0.3 is 5.73 Å². The number of nitrogens with two attached hydrogens (primary N) is 1. The maximum Gasteiger partial charge on any atom is 0.107 e. The van der Waals surface area contributed by atoms with Crippen molar-refractivity contribution in [1.29, 1.82) is 0 Å². The highest BCUT2D eigenvalue weighted by atomic mass is 79.9. The SMILES string of the molecule is Cc1cccc(C(N)c2cc(Br)c(Cl)s2)c1C. The summed E-state index contributed by atoms with van der Waals surface area (Å²) in [6.45, 7) is 4.21. The number of thiophene rings is 1. The lowest BCUT2D eigenvalue weighted by molar-refractivity contribution is 0.879. The highest BCUT2D eigenvalue weighted by Gasteiger charge is 2.16. The molecule has 1 atom stereocenters. The maximum atomic E-state index is 6.30. The van der Waals surface area contributed by atoms with Gasteiger partial charge in [-0.2, -0.15) is 0 Å². The molecule has 0 aliphatic carbocycles. The lowest BCUT2D eigenvalue weighted by Crippen LogP contribution is -2.12. The van der Waals surface area contributed by atoms with E-state index in [4.69, 9.17) is 17.3 Å². The van der Waals surface area contributed by atoms with Gasteiger partial charge in [0.1, 0.15) is 4.34 Å². The zero-order valence-electron chi connectivity index (χ0n) is 9.63. The van der Waals surface area contributed by atoms with Crippen LogP contribution in [0, 0.1) is 13.8 Å². The van der Waals surface area contributed by atoms with Crippen LogP contribution in [0.5, 0.6) is 0 Å². The molecule has 0 saturated carbocycles. The number of hydrogen-bond donors (Lipinski definition) is 1. The second-order valence-electron chi connectivity index (χ2n) is 4.04. The molecule has 0 amide bonds. The molecule has 2 rings (SSSR count). The number of aryl methyl sites for hydroxylation is 1. The molecule has 90 valence electrons. The quantitative estimate of drug-likeness (QED) is 0.838. The average Bonchev–Trinajstić information content (AvgIpc) is 2.62. The van der Waals surface area contributed by atoms with Gasteiger partial charge in [0.25, 0.3) is 0 Å². The van der Waals surface area contributed by atoms with Crippen LogP contribution in [0.4, 0.5) is 0 Å². The van der Waals surface area contributed by atoms with E-state index in [-0.39, 0.29) is 6.04 Å². The van der Waals surface area contributed by atoms with Crippen LogP contribution in [-0.2, 0) is 0 Å². The Bertz CT molecular complexity index is 531. The number of benzene rings is 1. The monoisotopic (exact) mass is 329 g/mol. The van der Waals surface area contributed by atoms with Crippen molar-refractivity contribution < 1.29 is 0 Å². The molecule has 0 aliphatic rings. The minimum Gasteiger partial charge on any atom is -0.320 e. The van der Waals surface area contributed by atoms with E-state index >= 15 is 0 Å². The fourth-order valence-corrected chi connectivity index (χ4v) is 3.54. The van der Waals surface area contributed by atoms with Gasteiger partial charge >= 0.3 is 0 Å². The molecular weight excluding hydrogens is 318 g/mol. The van der Waals surface area contributed by atoms with Crippen molar-refractivity contribution in [2.45, 2.75) is 19.9 Å². The van der Waals surface area contributed by atoms with Gasteiger partial charge in [-0.1, -0.05) is 29.8 Å². The van der Waals surface area contributed by atoms with Crippen LogP contribution in [0.25, 0.3) is 0 Å². The van der Waals surface area contributed by atoms with Gasteiger partial charge in [-0.05, 0) is 52.5 Å². The molecule has 0 fully saturated rings. The highest BCUT2D eigenvalue weighted by Crippen LogP contribution is 2.37. The topological polar surface area (TPSA) is 26.0 Å². The van der Waals surface area contributed by atoms with Gasteiger partial charge in [0.15, 0.2) is 0 Å². The summed E-state index contributed by atoms with van der Waals surface area (Å²) in [6.07, 6.45) is 0. The van der Waals surface area contributed by atoms with Gasteiger partial charge in [-0.3, -0.25) is 0 Å². The van der Waals surface area contributed by atoms with E-state index in [1.807, 2.05) is 12.1 Å². The summed E-state index contributed by atoms with van der Waals surface area (Å²) < 4.78 is 1.67. The summed E-state index contributed by atoms with van der Waals surface area (Å²) in [5.74, 6) is 0. The van der Waals surface area contributed by atoms with Crippen LogP contribution in [0.15, 0.2) is 28.7 Å². The first-order valence-electron chi connectivity index (χ1n) is 5.27. The smallest absolute Gasteiger partial charge is 0.107 e. The van der Waals surface area contributed by atoms with Gasteiger partial charge in [-0.25, -0.2) is 0 Å². The van der Waals surface area contributed by atoms with Crippen molar-refractivity contribution in [2.75, 3.05) is 0 Å². The van der Waals surface area contributed by atoms with Crippen LogP contribution in [0.1, 0.15) is 27.6 Å². The molecule has 4 heteroatoms. The lowest BCUT2D eigenvalue weighted by atomic mass is 9.97. The first-order valence-corrected chi connectivity index (χ1v) is 7.26. The third-order valence-electron chi connectivity index (χ3n) is 2.95.